The highest BCUT2D eigenvalue weighted by Crippen LogP contribution is 2.27. The first-order valence-electron chi connectivity index (χ1n) is 6.53. The van der Waals surface area contributed by atoms with E-state index in [9.17, 15) is 14.9 Å². The molecule has 7 heteroatoms. The van der Waals surface area contributed by atoms with Crippen LogP contribution in [0.4, 0.5) is 5.69 Å². The van der Waals surface area contributed by atoms with Gasteiger partial charge in [0, 0.05) is 6.07 Å². The first kappa shape index (κ1) is 16.9. The largest absolute Gasteiger partial charge is 0.493 e. The van der Waals surface area contributed by atoms with Crippen LogP contribution in [-0.4, -0.2) is 30.1 Å². The normalized spacial score (nSPS) is 13.3. The summed E-state index contributed by atoms with van der Waals surface area (Å²) in [6.07, 6.45) is 0.928. The summed E-state index contributed by atoms with van der Waals surface area (Å²) in [5.74, 6) is -0.0185. The summed E-state index contributed by atoms with van der Waals surface area (Å²) in [5, 5.41) is 10.8. The molecule has 0 spiro atoms. The van der Waals surface area contributed by atoms with Crippen molar-refractivity contribution in [2.24, 2.45) is 5.73 Å². The Balaban J connectivity index is 2.56. The Kier molecular flexibility index (Phi) is 5.66. The molecule has 116 valence electrons. The number of hydrogen-bond acceptors (Lipinski definition) is 6. The molecular weight excluding hydrogens is 276 g/mol. The topological polar surface area (TPSA) is 105 Å². The number of benzene rings is 1. The van der Waals surface area contributed by atoms with Crippen LogP contribution in [0.3, 0.4) is 0 Å². The number of nitrogens with two attached hydrogens (primary N) is 1. The van der Waals surface area contributed by atoms with E-state index in [1.807, 2.05) is 0 Å². The zero-order valence-corrected chi connectivity index (χ0v) is 12.4. The van der Waals surface area contributed by atoms with Crippen molar-refractivity contribution in [3.8, 4) is 5.75 Å². The molecule has 2 N–H and O–H groups in total. The van der Waals surface area contributed by atoms with Crippen molar-refractivity contribution in [2.45, 2.75) is 32.2 Å². The molecular formula is C14H20N2O5. The minimum Gasteiger partial charge on any atom is -0.493 e. The van der Waals surface area contributed by atoms with E-state index in [1.54, 1.807) is 26.0 Å². The summed E-state index contributed by atoms with van der Waals surface area (Å²) < 4.78 is 10.1. The van der Waals surface area contributed by atoms with E-state index < -0.39 is 16.4 Å². The fraction of sp³-hybridized carbons (Fsp3) is 0.500. The SMILES string of the molecule is COC(=O)C(C)(N)CCCOc1cccc([N+](=O)[O-])c1C. The molecule has 0 amide bonds. The van der Waals surface area contributed by atoms with Gasteiger partial charge in [0.2, 0.25) is 0 Å². The van der Waals surface area contributed by atoms with Crippen LogP contribution < -0.4 is 10.5 Å². The lowest BCUT2D eigenvalue weighted by molar-refractivity contribution is -0.385. The molecule has 0 saturated heterocycles. The van der Waals surface area contributed by atoms with Crippen LogP contribution >= 0.6 is 0 Å². The summed E-state index contributed by atoms with van der Waals surface area (Å²) >= 11 is 0. The molecule has 1 unspecified atom stereocenters. The molecule has 0 bridgehead atoms. The molecule has 1 aromatic rings. The highest BCUT2D eigenvalue weighted by molar-refractivity contribution is 5.79. The van der Waals surface area contributed by atoms with E-state index in [-0.39, 0.29) is 5.69 Å². The molecule has 0 aromatic heterocycles. The van der Waals surface area contributed by atoms with E-state index >= 15 is 0 Å². The lowest BCUT2D eigenvalue weighted by Crippen LogP contribution is -2.45. The van der Waals surface area contributed by atoms with Gasteiger partial charge >= 0.3 is 5.97 Å². The Morgan fingerprint density at radius 2 is 2.14 bits per heavy atom. The lowest BCUT2D eigenvalue weighted by Gasteiger charge is -2.21. The molecule has 7 nitrogen and oxygen atoms in total. The molecule has 1 rings (SSSR count). The van der Waals surface area contributed by atoms with E-state index in [0.717, 1.165) is 0 Å². The first-order chi connectivity index (χ1) is 9.79. The number of carbonyl (C=O) groups excluding carboxylic acids is 1. The van der Waals surface area contributed by atoms with Crippen LogP contribution in [0.5, 0.6) is 5.75 Å². The minimum absolute atomic E-state index is 0.0192. The van der Waals surface area contributed by atoms with Crippen molar-refractivity contribution >= 4 is 11.7 Å². The second-order valence-electron chi connectivity index (χ2n) is 5.02. The van der Waals surface area contributed by atoms with Gasteiger partial charge in [-0.05, 0) is 32.8 Å². The van der Waals surface area contributed by atoms with E-state index in [0.29, 0.717) is 30.8 Å². The zero-order valence-electron chi connectivity index (χ0n) is 12.4. The highest BCUT2D eigenvalue weighted by Gasteiger charge is 2.28. The van der Waals surface area contributed by atoms with E-state index in [4.69, 9.17) is 10.5 Å². The van der Waals surface area contributed by atoms with Gasteiger partial charge < -0.3 is 15.2 Å². The maximum Gasteiger partial charge on any atom is 0.325 e. The predicted octanol–water partition coefficient (Wildman–Crippen LogP) is 1.95. The van der Waals surface area contributed by atoms with Crippen LogP contribution in [0.1, 0.15) is 25.3 Å². The number of hydrogen-bond donors (Lipinski definition) is 1. The van der Waals surface area contributed by atoms with Gasteiger partial charge in [0.05, 0.1) is 24.2 Å². The Bertz CT molecular complexity index is 528. The minimum atomic E-state index is -1.06. The Labute approximate surface area is 123 Å². The number of rotatable bonds is 7. The standard InChI is InChI=1S/C14H20N2O5/c1-10-11(16(18)19)6-4-7-12(10)21-9-5-8-14(2,15)13(17)20-3/h4,6-7H,5,8-9,15H2,1-3H3. The van der Waals surface area contributed by atoms with Crippen LogP contribution in [0.25, 0.3) is 0 Å². The average Bonchev–Trinajstić information content (AvgIpc) is 2.43. The van der Waals surface area contributed by atoms with Crippen molar-refractivity contribution in [2.75, 3.05) is 13.7 Å². The first-order valence-corrected chi connectivity index (χ1v) is 6.53. The molecule has 1 atom stereocenters. The number of nitrogens with zero attached hydrogens (tertiary/aromatic N) is 1. The van der Waals surface area contributed by atoms with Crippen molar-refractivity contribution in [1.29, 1.82) is 0 Å². The Morgan fingerprint density at radius 1 is 1.48 bits per heavy atom. The second-order valence-corrected chi connectivity index (χ2v) is 5.02. The number of carbonyl (C=O) groups is 1. The summed E-state index contributed by atoms with van der Waals surface area (Å²) in [7, 11) is 1.29. The average molecular weight is 296 g/mol. The van der Waals surface area contributed by atoms with Crippen molar-refractivity contribution in [3.63, 3.8) is 0 Å². The molecule has 0 saturated carbocycles. The molecule has 0 radical (unpaired) electrons. The number of esters is 1. The van der Waals surface area contributed by atoms with E-state index in [1.165, 1.54) is 13.2 Å². The van der Waals surface area contributed by atoms with Gasteiger partial charge in [-0.3, -0.25) is 14.9 Å². The fourth-order valence-electron chi connectivity index (χ4n) is 1.91. The fourth-order valence-corrected chi connectivity index (χ4v) is 1.91. The molecule has 0 aliphatic rings. The van der Waals surface area contributed by atoms with Crippen molar-refractivity contribution < 1.29 is 19.2 Å². The summed E-state index contributed by atoms with van der Waals surface area (Å²) in [6, 6.07) is 4.67. The van der Waals surface area contributed by atoms with Crippen LogP contribution in [0, 0.1) is 17.0 Å². The van der Waals surface area contributed by atoms with Crippen LogP contribution in [0.2, 0.25) is 0 Å². The van der Waals surface area contributed by atoms with E-state index in [2.05, 4.69) is 4.74 Å². The van der Waals surface area contributed by atoms with Crippen molar-refractivity contribution in [3.05, 3.63) is 33.9 Å². The van der Waals surface area contributed by atoms with Gasteiger partial charge in [-0.25, -0.2) is 0 Å². The Morgan fingerprint density at radius 3 is 2.71 bits per heavy atom. The monoisotopic (exact) mass is 296 g/mol. The van der Waals surface area contributed by atoms with Crippen LogP contribution in [0.15, 0.2) is 18.2 Å². The summed E-state index contributed by atoms with van der Waals surface area (Å²) in [6.45, 7) is 3.54. The third-order valence-electron chi connectivity index (χ3n) is 3.20. The second kappa shape index (κ2) is 7.03. The molecule has 1 aromatic carbocycles. The number of ether oxygens (including phenoxy) is 2. The quantitative estimate of drug-likeness (QED) is 0.357. The maximum atomic E-state index is 11.4. The molecule has 21 heavy (non-hydrogen) atoms. The summed E-state index contributed by atoms with van der Waals surface area (Å²) in [4.78, 5) is 21.8. The third-order valence-corrected chi connectivity index (χ3v) is 3.20. The molecule has 0 aliphatic carbocycles. The zero-order chi connectivity index (χ0) is 16.0. The van der Waals surface area contributed by atoms with Crippen LogP contribution in [-0.2, 0) is 9.53 Å². The lowest BCUT2D eigenvalue weighted by atomic mass is 9.98. The van der Waals surface area contributed by atoms with Gasteiger partial charge in [-0.1, -0.05) is 6.07 Å². The van der Waals surface area contributed by atoms with Gasteiger partial charge in [-0.2, -0.15) is 0 Å². The Hall–Kier alpha value is -2.15. The van der Waals surface area contributed by atoms with Crippen molar-refractivity contribution in [1.82, 2.24) is 0 Å². The van der Waals surface area contributed by atoms with Gasteiger partial charge in [-0.15, -0.1) is 0 Å². The molecule has 0 fully saturated rings. The molecule has 0 heterocycles. The number of nitro benzene ring substituents is 1. The predicted molar refractivity (Wildman–Crippen MR) is 77.2 cm³/mol. The van der Waals surface area contributed by atoms with Gasteiger partial charge in [0.25, 0.3) is 5.69 Å². The van der Waals surface area contributed by atoms with Gasteiger partial charge in [0.15, 0.2) is 0 Å². The summed E-state index contributed by atoms with van der Waals surface area (Å²) in [5.41, 5.74) is 5.26. The maximum absolute atomic E-state index is 11.4. The van der Waals surface area contributed by atoms with Gasteiger partial charge in [0.1, 0.15) is 11.3 Å². The molecule has 0 aliphatic heterocycles. The number of methoxy groups -OCH3 is 1. The number of nitro groups is 1. The highest BCUT2D eigenvalue weighted by atomic mass is 16.6. The smallest absolute Gasteiger partial charge is 0.325 e. The third kappa shape index (κ3) is 4.42.